The van der Waals surface area contributed by atoms with E-state index >= 15 is 0 Å². The lowest BCUT2D eigenvalue weighted by Gasteiger charge is -2.25. The molecule has 0 rings (SSSR count). The topological polar surface area (TPSA) is 18.5 Å². The van der Waals surface area contributed by atoms with Crippen LogP contribution < -0.4 is 5.32 Å². The number of hydrogen-bond acceptors (Lipinski definition) is 3. The summed E-state index contributed by atoms with van der Waals surface area (Å²) in [6.07, 6.45) is 0. The molecule has 0 aliphatic heterocycles. The highest BCUT2D eigenvalue weighted by Crippen LogP contribution is 1.98. The van der Waals surface area contributed by atoms with Gasteiger partial charge in [-0.05, 0) is 26.6 Å². The fourth-order valence-electron chi connectivity index (χ4n) is 1.57. The van der Waals surface area contributed by atoms with E-state index in [0.717, 1.165) is 25.6 Å². The van der Waals surface area contributed by atoms with Gasteiger partial charge in [-0.2, -0.15) is 0 Å². The first-order chi connectivity index (χ1) is 7.06. The van der Waals surface area contributed by atoms with E-state index in [1.807, 2.05) is 0 Å². The van der Waals surface area contributed by atoms with Gasteiger partial charge in [-0.25, -0.2) is 0 Å². The average Bonchev–Trinajstić information content (AvgIpc) is 2.13. The van der Waals surface area contributed by atoms with Gasteiger partial charge in [0, 0.05) is 32.7 Å². The molecular formula is C12H29N3. The Hall–Kier alpha value is -0.120. The molecule has 0 saturated heterocycles. The third-order valence-electron chi connectivity index (χ3n) is 2.34. The van der Waals surface area contributed by atoms with Crippen molar-refractivity contribution in [3.8, 4) is 0 Å². The highest BCUT2D eigenvalue weighted by atomic mass is 15.2. The van der Waals surface area contributed by atoms with Gasteiger partial charge in [0.25, 0.3) is 0 Å². The quantitative estimate of drug-likeness (QED) is 0.581. The zero-order valence-electron chi connectivity index (χ0n) is 11.2. The summed E-state index contributed by atoms with van der Waals surface area (Å²) in [5.41, 5.74) is 0. The minimum absolute atomic E-state index is 0.758. The van der Waals surface area contributed by atoms with E-state index in [1.165, 1.54) is 19.6 Å². The second-order valence-electron chi connectivity index (χ2n) is 4.85. The molecule has 92 valence electrons. The van der Waals surface area contributed by atoms with Crippen LogP contribution >= 0.6 is 0 Å². The Morgan fingerprint density at radius 3 is 2.20 bits per heavy atom. The molecule has 0 aromatic carbocycles. The second kappa shape index (κ2) is 9.13. The summed E-state index contributed by atoms with van der Waals surface area (Å²) in [5, 5.41) is 3.38. The first-order valence-electron chi connectivity index (χ1n) is 6.14. The standard InChI is InChI=1S/C12H29N3/c1-6-13-7-8-15(11-12(2)3)10-9-14(4)5/h12-13H,6-11H2,1-5H3. The number of nitrogens with one attached hydrogen (secondary N) is 1. The van der Waals surface area contributed by atoms with Crippen LogP contribution in [0.5, 0.6) is 0 Å². The lowest BCUT2D eigenvalue weighted by molar-refractivity contribution is 0.219. The average molecular weight is 215 g/mol. The molecule has 0 fully saturated rings. The Labute approximate surface area is 95.8 Å². The number of likely N-dealkylation sites (N-methyl/N-ethyl adjacent to an activating group) is 2. The zero-order valence-corrected chi connectivity index (χ0v) is 11.2. The SMILES string of the molecule is CCNCCN(CCN(C)C)CC(C)C. The van der Waals surface area contributed by atoms with E-state index in [2.05, 4.69) is 50.0 Å². The molecular weight excluding hydrogens is 186 g/mol. The minimum atomic E-state index is 0.758. The van der Waals surface area contributed by atoms with Crippen LogP contribution in [0.15, 0.2) is 0 Å². The van der Waals surface area contributed by atoms with Crippen molar-refractivity contribution in [3.05, 3.63) is 0 Å². The van der Waals surface area contributed by atoms with E-state index in [4.69, 9.17) is 0 Å². The van der Waals surface area contributed by atoms with Crippen molar-refractivity contribution in [3.63, 3.8) is 0 Å². The molecule has 3 nitrogen and oxygen atoms in total. The maximum atomic E-state index is 3.38. The summed E-state index contributed by atoms with van der Waals surface area (Å²) in [5.74, 6) is 0.758. The second-order valence-corrected chi connectivity index (χ2v) is 4.85. The molecule has 0 aromatic rings. The lowest BCUT2D eigenvalue weighted by Crippen LogP contribution is -2.38. The van der Waals surface area contributed by atoms with Gasteiger partial charge in [0.2, 0.25) is 0 Å². The molecule has 0 aliphatic carbocycles. The first kappa shape index (κ1) is 14.9. The van der Waals surface area contributed by atoms with Crippen LogP contribution in [0.1, 0.15) is 20.8 Å². The molecule has 1 N–H and O–H groups in total. The smallest absolute Gasteiger partial charge is 0.0110 e. The van der Waals surface area contributed by atoms with Crippen LogP contribution in [-0.4, -0.2) is 63.2 Å². The largest absolute Gasteiger partial charge is 0.316 e. The van der Waals surface area contributed by atoms with Gasteiger partial charge in [0.05, 0.1) is 0 Å². The Morgan fingerprint density at radius 2 is 1.73 bits per heavy atom. The fraction of sp³-hybridized carbons (Fsp3) is 1.00. The zero-order chi connectivity index (χ0) is 11.7. The highest BCUT2D eigenvalue weighted by Gasteiger charge is 2.06. The van der Waals surface area contributed by atoms with Gasteiger partial charge in [-0.15, -0.1) is 0 Å². The third-order valence-corrected chi connectivity index (χ3v) is 2.34. The van der Waals surface area contributed by atoms with Crippen LogP contribution in [0.2, 0.25) is 0 Å². The molecule has 0 unspecified atom stereocenters. The van der Waals surface area contributed by atoms with Crippen LogP contribution in [0.3, 0.4) is 0 Å². The van der Waals surface area contributed by atoms with Crippen molar-refractivity contribution >= 4 is 0 Å². The van der Waals surface area contributed by atoms with E-state index in [9.17, 15) is 0 Å². The Bertz CT molecular complexity index is 135. The predicted octanol–water partition coefficient (Wildman–Crippen LogP) is 1.12. The predicted molar refractivity (Wildman–Crippen MR) is 68.4 cm³/mol. The molecule has 0 atom stereocenters. The van der Waals surface area contributed by atoms with Crippen molar-refractivity contribution in [1.82, 2.24) is 15.1 Å². The van der Waals surface area contributed by atoms with Crippen molar-refractivity contribution in [2.75, 3.05) is 53.4 Å². The molecule has 0 spiro atoms. The Balaban J connectivity index is 3.73. The van der Waals surface area contributed by atoms with Gasteiger partial charge in [0.15, 0.2) is 0 Å². The number of hydrogen-bond donors (Lipinski definition) is 1. The monoisotopic (exact) mass is 215 g/mol. The van der Waals surface area contributed by atoms with Crippen LogP contribution in [0.4, 0.5) is 0 Å². The summed E-state index contributed by atoms with van der Waals surface area (Å²) >= 11 is 0. The van der Waals surface area contributed by atoms with E-state index < -0.39 is 0 Å². The van der Waals surface area contributed by atoms with Crippen LogP contribution in [0, 0.1) is 5.92 Å². The van der Waals surface area contributed by atoms with E-state index in [0.29, 0.717) is 0 Å². The summed E-state index contributed by atoms with van der Waals surface area (Å²) in [6.45, 7) is 13.6. The molecule has 0 bridgehead atoms. The van der Waals surface area contributed by atoms with Crippen molar-refractivity contribution in [2.45, 2.75) is 20.8 Å². The normalized spacial score (nSPS) is 12.0. The minimum Gasteiger partial charge on any atom is -0.316 e. The summed E-state index contributed by atoms with van der Waals surface area (Å²) in [7, 11) is 4.27. The van der Waals surface area contributed by atoms with Crippen molar-refractivity contribution < 1.29 is 0 Å². The fourth-order valence-corrected chi connectivity index (χ4v) is 1.57. The van der Waals surface area contributed by atoms with Gasteiger partial charge in [-0.3, -0.25) is 0 Å². The number of rotatable bonds is 9. The summed E-state index contributed by atoms with van der Waals surface area (Å²) < 4.78 is 0. The molecule has 0 radical (unpaired) electrons. The van der Waals surface area contributed by atoms with E-state index in [1.54, 1.807) is 0 Å². The van der Waals surface area contributed by atoms with Gasteiger partial charge in [0.1, 0.15) is 0 Å². The molecule has 0 aromatic heterocycles. The molecule has 0 heterocycles. The molecule has 0 saturated carbocycles. The Kier molecular flexibility index (Phi) is 9.06. The molecule has 0 aliphatic rings. The molecule has 3 heteroatoms. The van der Waals surface area contributed by atoms with Gasteiger partial charge in [-0.1, -0.05) is 20.8 Å². The molecule has 0 amide bonds. The Morgan fingerprint density at radius 1 is 1.07 bits per heavy atom. The maximum Gasteiger partial charge on any atom is 0.0110 e. The van der Waals surface area contributed by atoms with Crippen molar-refractivity contribution in [2.24, 2.45) is 5.92 Å². The van der Waals surface area contributed by atoms with Crippen LogP contribution in [-0.2, 0) is 0 Å². The first-order valence-corrected chi connectivity index (χ1v) is 6.14. The highest BCUT2D eigenvalue weighted by molar-refractivity contribution is 4.63. The van der Waals surface area contributed by atoms with Gasteiger partial charge >= 0.3 is 0 Å². The summed E-state index contributed by atoms with van der Waals surface area (Å²) in [6, 6.07) is 0. The number of nitrogens with zero attached hydrogens (tertiary/aromatic N) is 2. The van der Waals surface area contributed by atoms with Gasteiger partial charge < -0.3 is 15.1 Å². The van der Waals surface area contributed by atoms with E-state index in [-0.39, 0.29) is 0 Å². The third kappa shape index (κ3) is 10.2. The van der Waals surface area contributed by atoms with Crippen molar-refractivity contribution in [1.29, 1.82) is 0 Å². The van der Waals surface area contributed by atoms with Crippen LogP contribution in [0.25, 0.3) is 0 Å². The maximum absolute atomic E-state index is 3.38. The summed E-state index contributed by atoms with van der Waals surface area (Å²) in [4.78, 5) is 4.80. The molecule has 15 heavy (non-hydrogen) atoms. The lowest BCUT2D eigenvalue weighted by atomic mass is 10.2.